The molecule has 1 aromatic rings. The fourth-order valence-corrected chi connectivity index (χ4v) is 3.56. The number of carbonyl (C=O) groups is 3. The molecule has 1 aliphatic carbocycles. The number of rotatable bonds is 3. The highest BCUT2D eigenvalue weighted by molar-refractivity contribution is 9.10. The number of carboxylic acid groups (broad SMARTS) is 1. The molecule has 1 saturated carbocycles. The van der Waals surface area contributed by atoms with Gasteiger partial charge in [0.25, 0.3) is 11.8 Å². The van der Waals surface area contributed by atoms with Crippen LogP contribution in [-0.2, 0) is 4.79 Å². The summed E-state index contributed by atoms with van der Waals surface area (Å²) < 4.78 is 0.720. The summed E-state index contributed by atoms with van der Waals surface area (Å²) in [5.74, 6) is -1.71. The summed E-state index contributed by atoms with van der Waals surface area (Å²) in [6.45, 7) is -0.0354. The predicted octanol–water partition coefficient (Wildman–Crippen LogP) is 2.69. The number of hydrogen-bond donors (Lipinski definition) is 1. The van der Waals surface area contributed by atoms with E-state index in [1.807, 2.05) is 0 Å². The van der Waals surface area contributed by atoms with Gasteiger partial charge in [-0.2, -0.15) is 0 Å². The zero-order valence-electron chi connectivity index (χ0n) is 11.3. The van der Waals surface area contributed by atoms with E-state index in [-0.39, 0.29) is 6.54 Å². The molecule has 0 saturated heterocycles. The van der Waals surface area contributed by atoms with E-state index in [1.54, 1.807) is 18.2 Å². The number of amides is 2. The lowest BCUT2D eigenvalue weighted by Crippen LogP contribution is -2.44. The van der Waals surface area contributed by atoms with Crippen molar-refractivity contribution in [1.29, 1.82) is 0 Å². The van der Waals surface area contributed by atoms with Gasteiger partial charge < -0.3 is 5.11 Å². The average molecular weight is 352 g/mol. The molecule has 1 heterocycles. The highest BCUT2D eigenvalue weighted by atomic mass is 79.9. The fraction of sp³-hybridized carbons (Fsp3) is 0.400. The summed E-state index contributed by atoms with van der Waals surface area (Å²) >= 11 is 3.28. The van der Waals surface area contributed by atoms with Crippen LogP contribution in [0.3, 0.4) is 0 Å². The Labute approximate surface area is 130 Å². The number of carboxylic acids is 1. The summed E-state index contributed by atoms with van der Waals surface area (Å²) in [7, 11) is 0. The van der Waals surface area contributed by atoms with E-state index in [0.29, 0.717) is 24.0 Å². The van der Waals surface area contributed by atoms with E-state index in [2.05, 4.69) is 15.9 Å². The molecule has 5 nitrogen and oxygen atoms in total. The van der Waals surface area contributed by atoms with E-state index in [9.17, 15) is 19.5 Å². The maximum atomic E-state index is 12.4. The zero-order chi connectivity index (χ0) is 15.2. The van der Waals surface area contributed by atoms with Gasteiger partial charge in [-0.1, -0.05) is 28.8 Å². The largest absolute Gasteiger partial charge is 0.481 e. The van der Waals surface area contributed by atoms with E-state index < -0.39 is 23.2 Å². The number of imide groups is 1. The number of nitrogens with zero attached hydrogens (tertiary/aromatic N) is 1. The first kappa shape index (κ1) is 14.3. The summed E-state index contributed by atoms with van der Waals surface area (Å²) in [6.07, 6.45) is 2.67. The molecule has 0 atom stereocenters. The van der Waals surface area contributed by atoms with E-state index in [0.717, 1.165) is 22.2 Å². The van der Waals surface area contributed by atoms with Gasteiger partial charge >= 0.3 is 5.97 Å². The van der Waals surface area contributed by atoms with E-state index in [1.165, 1.54) is 0 Å². The van der Waals surface area contributed by atoms with Crippen molar-refractivity contribution in [3.8, 4) is 0 Å². The highest BCUT2D eigenvalue weighted by Crippen LogP contribution is 2.40. The second-order valence-electron chi connectivity index (χ2n) is 5.68. The Kier molecular flexibility index (Phi) is 3.36. The van der Waals surface area contributed by atoms with Crippen molar-refractivity contribution in [2.45, 2.75) is 25.7 Å². The monoisotopic (exact) mass is 351 g/mol. The van der Waals surface area contributed by atoms with Gasteiger partial charge in [0.05, 0.1) is 16.5 Å². The van der Waals surface area contributed by atoms with Crippen LogP contribution in [0.25, 0.3) is 0 Å². The third-order valence-electron chi connectivity index (χ3n) is 4.41. The molecule has 1 fully saturated rings. The van der Waals surface area contributed by atoms with Crippen LogP contribution in [0.2, 0.25) is 0 Å². The zero-order valence-corrected chi connectivity index (χ0v) is 12.9. The third kappa shape index (κ3) is 2.18. The lowest BCUT2D eigenvalue weighted by Gasteiger charge is -2.28. The Balaban J connectivity index is 1.93. The molecule has 0 spiro atoms. The first-order valence-corrected chi connectivity index (χ1v) is 7.63. The maximum absolute atomic E-state index is 12.4. The molecule has 3 rings (SSSR count). The standard InChI is InChI=1S/C15H14BrNO4/c16-9-3-4-10-11(7-9)13(19)17(12(10)18)8-15(14(20)21)5-1-2-6-15/h3-4,7H,1-2,5-6,8H2,(H,20,21). The van der Waals surface area contributed by atoms with E-state index in [4.69, 9.17) is 0 Å². The van der Waals surface area contributed by atoms with Crippen LogP contribution in [0.5, 0.6) is 0 Å². The van der Waals surface area contributed by atoms with Crippen LogP contribution >= 0.6 is 15.9 Å². The van der Waals surface area contributed by atoms with Crippen molar-refractivity contribution in [2.24, 2.45) is 5.41 Å². The number of halogens is 1. The number of hydrogen-bond acceptors (Lipinski definition) is 3. The lowest BCUT2D eigenvalue weighted by molar-refractivity contribution is -0.149. The molecule has 2 amide bonds. The normalized spacial score (nSPS) is 20.0. The van der Waals surface area contributed by atoms with Crippen molar-refractivity contribution in [3.05, 3.63) is 33.8 Å². The molecule has 21 heavy (non-hydrogen) atoms. The van der Waals surface area contributed by atoms with Crippen LogP contribution in [0.4, 0.5) is 0 Å². The molecule has 1 aliphatic heterocycles. The molecule has 110 valence electrons. The molecular weight excluding hydrogens is 338 g/mol. The van der Waals surface area contributed by atoms with Gasteiger partial charge in [0.15, 0.2) is 0 Å². The molecule has 6 heteroatoms. The van der Waals surface area contributed by atoms with Gasteiger partial charge in [-0.25, -0.2) is 0 Å². The molecule has 2 aliphatic rings. The fourth-order valence-electron chi connectivity index (χ4n) is 3.20. The molecular formula is C15H14BrNO4. The second-order valence-corrected chi connectivity index (χ2v) is 6.59. The maximum Gasteiger partial charge on any atom is 0.311 e. The molecule has 1 N–H and O–H groups in total. The van der Waals surface area contributed by atoms with Crippen molar-refractivity contribution < 1.29 is 19.5 Å². The van der Waals surface area contributed by atoms with Crippen LogP contribution in [-0.4, -0.2) is 34.3 Å². The van der Waals surface area contributed by atoms with Crippen molar-refractivity contribution >= 4 is 33.7 Å². The van der Waals surface area contributed by atoms with Crippen molar-refractivity contribution in [1.82, 2.24) is 4.90 Å². The number of carbonyl (C=O) groups excluding carboxylic acids is 2. The second kappa shape index (κ2) is 4.94. The van der Waals surface area contributed by atoms with Gasteiger partial charge in [-0.05, 0) is 31.0 Å². The molecule has 0 unspecified atom stereocenters. The summed E-state index contributed by atoms with van der Waals surface area (Å²) in [4.78, 5) is 37.5. The summed E-state index contributed by atoms with van der Waals surface area (Å²) in [5, 5.41) is 9.50. The SMILES string of the molecule is O=C1c2ccc(Br)cc2C(=O)N1CC1(C(=O)O)CCCC1. The van der Waals surface area contributed by atoms with Crippen LogP contribution in [0, 0.1) is 5.41 Å². The van der Waals surface area contributed by atoms with Crippen LogP contribution in [0.1, 0.15) is 46.4 Å². The van der Waals surface area contributed by atoms with E-state index >= 15 is 0 Å². The third-order valence-corrected chi connectivity index (χ3v) is 4.90. The highest BCUT2D eigenvalue weighted by Gasteiger charge is 2.47. The molecule has 1 aromatic carbocycles. The Morgan fingerprint density at radius 3 is 2.43 bits per heavy atom. The lowest BCUT2D eigenvalue weighted by atomic mass is 9.85. The van der Waals surface area contributed by atoms with Gasteiger partial charge in [0.2, 0.25) is 0 Å². The Morgan fingerprint density at radius 1 is 1.19 bits per heavy atom. The molecule has 0 bridgehead atoms. The predicted molar refractivity (Wildman–Crippen MR) is 78.0 cm³/mol. The number of aliphatic carboxylic acids is 1. The van der Waals surface area contributed by atoms with Crippen LogP contribution < -0.4 is 0 Å². The minimum Gasteiger partial charge on any atom is -0.481 e. The Hall–Kier alpha value is -1.69. The van der Waals surface area contributed by atoms with Gasteiger partial charge in [-0.15, -0.1) is 0 Å². The molecule has 0 aromatic heterocycles. The number of benzene rings is 1. The van der Waals surface area contributed by atoms with Crippen LogP contribution in [0.15, 0.2) is 22.7 Å². The molecule has 0 radical (unpaired) electrons. The Bertz CT molecular complexity index is 649. The van der Waals surface area contributed by atoms with Crippen molar-refractivity contribution in [2.75, 3.05) is 6.54 Å². The minimum atomic E-state index is -0.982. The first-order chi connectivity index (χ1) is 9.94. The topological polar surface area (TPSA) is 74.7 Å². The first-order valence-electron chi connectivity index (χ1n) is 6.84. The smallest absolute Gasteiger partial charge is 0.311 e. The Morgan fingerprint density at radius 2 is 1.81 bits per heavy atom. The number of fused-ring (bicyclic) bond motifs is 1. The van der Waals surface area contributed by atoms with Gasteiger partial charge in [-0.3, -0.25) is 19.3 Å². The summed E-state index contributed by atoms with van der Waals surface area (Å²) in [5.41, 5.74) is -0.292. The summed E-state index contributed by atoms with van der Waals surface area (Å²) in [6, 6.07) is 4.91. The van der Waals surface area contributed by atoms with Gasteiger partial charge in [0, 0.05) is 11.0 Å². The van der Waals surface area contributed by atoms with Gasteiger partial charge in [0.1, 0.15) is 0 Å². The quantitative estimate of drug-likeness (QED) is 0.849. The minimum absolute atomic E-state index is 0.0354. The van der Waals surface area contributed by atoms with Crippen molar-refractivity contribution in [3.63, 3.8) is 0 Å². The average Bonchev–Trinajstić information content (AvgIpc) is 3.00.